The van der Waals surface area contributed by atoms with E-state index in [-0.39, 0.29) is 11.9 Å². The van der Waals surface area contributed by atoms with E-state index in [1.54, 1.807) is 7.11 Å². The minimum atomic E-state index is 0.0740. The summed E-state index contributed by atoms with van der Waals surface area (Å²) in [7, 11) is 1.77. The van der Waals surface area contributed by atoms with E-state index in [1.165, 1.54) is 186 Å². The highest BCUT2D eigenvalue weighted by molar-refractivity contribution is 5.72. The van der Waals surface area contributed by atoms with Crippen molar-refractivity contribution in [3.05, 3.63) is 0 Å². The average Bonchev–Trinajstić information content (AvgIpc) is 3.34. The van der Waals surface area contributed by atoms with Gasteiger partial charge in [0.15, 0.2) is 0 Å². The maximum absolute atomic E-state index is 12.3. The third-order valence-corrected chi connectivity index (χ3v) is 11.0. The minimum Gasteiger partial charge on any atom is -0.465 e. The Labute approximate surface area is 413 Å². The number of methoxy groups -OCH3 is 1. The lowest BCUT2D eigenvalue weighted by Gasteiger charge is -2.20. The van der Waals surface area contributed by atoms with E-state index in [2.05, 4.69) is 67.2 Å². The number of hydrogen-bond donors (Lipinski definition) is 1. The standard InChI is InChI=1S/C22H44O2.C15H33NO2.C7H16.C6H14.C5H10O.2C2H6/c1-4-7-10-12-13-15-17-19-21(18-16-14-11-8-5-2)22(23)24-20-9-6-3;1-3-4-11-16(13-14-17)12-9-7-5-6-8-10-15-18-2;1-3-5-7-6-4-2;1-3-5-6-4-2;1-2-3-4-5-6;2*1-2/h21H,4-20H2,1-3H3;17H,3-15H2,1-2H3;3-7H2,1-2H3;3-6H2,1-2H3;5H,2-4H2,1H3;2*1-2H3. The molecule has 0 aliphatic carbocycles. The molecule has 0 bridgehead atoms. The van der Waals surface area contributed by atoms with E-state index in [4.69, 9.17) is 14.6 Å². The average molecular weight is 933 g/mol. The van der Waals surface area contributed by atoms with Crippen LogP contribution in [0.3, 0.4) is 0 Å². The van der Waals surface area contributed by atoms with Gasteiger partial charge in [-0.1, -0.05) is 270 Å². The first-order chi connectivity index (χ1) is 31.8. The number of ether oxygens (including phenoxy) is 2. The number of aliphatic hydroxyl groups is 1. The van der Waals surface area contributed by atoms with Gasteiger partial charge in [0.2, 0.25) is 0 Å². The first kappa shape index (κ1) is 78.2. The van der Waals surface area contributed by atoms with Crippen LogP contribution in [0.4, 0.5) is 0 Å². The van der Waals surface area contributed by atoms with Crippen molar-refractivity contribution < 1.29 is 24.2 Å². The number of aldehydes is 1. The molecule has 0 heterocycles. The van der Waals surface area contributed by atoms with Crippen LogP contribution in [0, 0.1) is 5.92 Å². The van der Waals surface area contributed by atoms with E-state index >= 15 is 0 Å². The quantitative estimate of drug-likeness (QED) is 0.0373. The van der Waals surface area contributed by atoms with Crippen molar-refractivity contribution in [1.29, 1.82) is 0 Å². The number of esters is 1. The summed E-state index contributed by atoms with van der Waals surface area (Å²) in [6.45, 7) is 32.8. The van der Waals surface area contributed by atoms with E-state index < -0.39 is 0 Å². The van der Waals surface area contributed by atoms with Crippen molar-refractivity contribution in [3.63, 3.8) is 0 Å². The highest BCUT2D eigenvalue weighted by Crippen LogP contribution is 2.21. The van der Waals surface area contributed by atoms with Crippen LogP contribution in [0.15, 0.2) is 0 Å². The van der Waals surface area contributed by atoms with E-state index in [0.29, 0.717) is 13.2 Å². The number of carbonyl (C=O) groups excluding carboxylic acids is 2. The molecule has 0 saturated carbocycles. The highest BCUT2D eigenvalue weighted by Gasteiger charge is 2.19. The summed E-state index contributed by atoms with van der Waals surface area (Å²) in [5.41, 5.74) is 0. The Bertz CT molecular complexity index is 713. The van der Waals surface area contributed by atoms with E-state index in [0.717, 1.165) is 77.5 Å². The molecule has 0 rings (SSSR count). The molecule has 0 aromatic carbocycles. The van der Waals surface area contributed by atoms with Gasteiger partial charge in [-0.2, -0.15) is 0 Å². The molecule has 0 radical (unpaired) electrons. The molecule has 0 aromatic heterocycles. The van der Waals surface area contributed by atoms with Crippen molar-refractivity contribution in [3.8, 4) is 0 Å². The van der Waals surface area contributed by atoms with E-state index in [9.17, 15) is 9.59 Å². The largest absolute Gasteiger partial charge is 0.465 e. The zero-order chi connectivity index (χ0) is 50.6. The second kappa shape index (κ2) is 86.2. The van der Waals surface area contributed by atoms with Crippen molar-refractivity contribution in [2.24, 2.45) is 5.92 Å². The third kappa shape index (κ3) is 90.1. The van der Waals surface area contributed by atoms with Gasteiger partial charge in [-0.25, -0.2) is 0 Å². The van der Waals surface area contributed by atoms with Crippen molar-refractivity contribution in [1.82, 2.24) is 4.90 Å². The van der Waals surface area contributed by atoms with Gasteiger partial charge >= 0.3 is 5.97 Å². The molecule has 400 valence electrons. The fraction of sp³-hybridized carbons (Fsp3) is 0.966. The lowest BCUT2D eigenvalue weighted by Crippen LogP contribution is -2.29. The molecular formula is C59H129NO5. The Kier molecular flexibility index (Phi) is 104. The van der Waals surface area contributed by atoms with Gasteiger partial charge in [-0.15, -0.1) is 0 Å². The number of unbranched alkanes of at least 4 members (excludes halogenated alkanes) is 26. The summed E-state index contributed by atoms with van der Waals surface area (Å²) < 4.78 is 10.5. The lowest BCUT2D eigenvalue weighted by molar-refractivity contribution is -0.149. The Balaban J connectivity index is -0.000000142. The summed E-state index contributed by atoms with van der Waals surface area (Å²) in [6, 6.07) is 0. The van der Waals surface area contributed by atoms with Crippen LogP contribution in [0.2, 0.25) is 0 Å². The third-order valence-electron chi connectivity index (χ3n) is 11.0. The van der Waals surface area contributed by atoms with Gasteiger partial charge in [0.1, 0.15) is 6.29 Å². The second-order valence-electron chi connectivity index (χ2n) is 17.4. The Morgan fingerprint density at radius 3 is 1.14 bits per heavy atom. The number of aliphatic hydroxyl groups excluding tert-OH is 1. The first-order valence-corrected chi connectivity index (χ1v) is 29.3. The Morgan fingerprint density at radius 1 is 0.431 bits per heavy atom. The molecule has 1 N–H and O–H groups in total. The van der Waals surface area contributed by atoms with Crippen molar-refractivity contribution in [2.45, 2.75) is 321 Å². The summed E-state index contributed by atoms with van der Waals surface area (Å²) in [4.78, 5) is 24.3. The molecule has 6 heteroatoms. The molecule has 0 amide bonds. The molecule has 0 aliphatic heterocycles. The van der Waals surface area contributed by atoms with Crippen LogP contribution < -0.4 is 0 Å². The predicted molar refractivity (Wildman–Crippen MR) is 296 cm³/mol. The number of rotatable bonds is 42. The summed E-state index contributed by atoms with van der Waals surface area (Å²) in [5.74, 6) is 0.226. The van der Waals surface area contributed by atoms with Gasteiger partial charge in [0, 0.05) is 26.7 Å². The van der Waals surface area contributed by atoms with Gasteiger partial charge in [-0.05, 0) is 58.0 Å². The first-order valence-electron chi connectivity index (χ1n) is 29.3. The van der Waals surface area contributed by atoms with Gasteiger partial charge < -0.3 is 24.3 Å². The van der Waals surface area contributed by atoms with Crippen LogP contribution in [-0.4, -0.2) is 68.8 Å². The fourth-order valence-corrected chi connectivity index (χ4v) is 6.77. The number of nitrogens with zero attached hydrogens (tertiary/aromatic N) is 1. The molecular weight excluding hydrogens is 803 g/mol. The Morgan fingerprint density at radius 2 is 0.769 bits per heavy atom. The topological polar surface area (TPSA) is 76.1 Å². The smallest absolute Gasteiger partial charge is 0.308 e. The summed E-state index contributed by atoms with van der Waals surface area (Å²) >= 11 is 0. The molecule has 1 unspecified atom stereocenters. The fourth-order valence-electron chi connectivity index (χ4n) is 6.77. The van der Waals surface area contributed by atoms with Gasteiger partial charge in [0.05, 0.1) is 19.1 Å². The van der Waals surface area contributed by atoms with E-state index in [1.807, 2.05) is 27.7 Å². The number of carbonyl (C=O) groups is 2. The predicted octanol–water partition coefficient (Wildman–Crippen LogP) is 19.5. The molecule has 0 spiro atoms. The molecule has 0 fully saturated rings. The summed E-state index contributed by atoms with van der Waals surface area (Å²) in [5, 5.41) is 9.01. The molecule has 1 atom stereocenters. The minimum absolute atomic E-state index is 0.0740. The van der Waals surface area contributed by atoms with Crippen LogP contribution in [0.5, 0.6) is 0 Å². The van der Waals surface area contributed by atoms with Crippen LogP contribution in [-0.2, 0) is 19.1 Å². The zero-order valence-electron chi connectivity index (χ0n) is 47.9. The maximum Gasteiger partial charge on any atom is 0.308 e. The highest BCUT2D eigenvalue weighted by atomic mass is 16.5. The zero-order valence-corrected chi connectivity index (χ0v) is 47.9. The van der Waals surface area contributed by atoms with Crippen LogP contribution in [0.25, 0.3) is 0 Å². The molecule has 6 nitrogen and oxygen atoms in total. The maximum atomic E-state index is 12.3. The molecule has 65 heavy (non-hydrogen) atoms. The van der Waals surface area contributed by atoms with Gasteiger partial charge in [0.25, 0.3) is 0 Å². The Hall–Kier alpha value is -0.980. The lowest BCUT2D eigenvalue weighted by atomic mass is 9.94. The van der Waals surface area contributed by atoms with Crippen LogP contribution in [0.1, 0.15) is 321 Å². The van der Waals surface area contributed by atoms with Gasteiger partial charge in [-0.3, -0.25) is 4.79 Å². The molecule has 0 aromatic rings. The monoisotopic (exact) mass is 932 g/mol. The molecule has 0 saturated heterocycles. The van der Waals surface area contributed by atoms with Crippen molar-refractivity contribution >= 4 is 12.3 Å². The number of hydrogen-bond acceptors (Lipinski definition) is 6. The normalized spacial score (nSPS) is 10.5. The second-order valence-corrected chi connectivity index (χ2v) is 17.4. The SMILES string of the molecule is CC.CC.CCCCC=O.CCCCCC.CCCCCCC.CCCCCCCCCC(CCCCCCC)C(=O)OCCCC.CCCCN(CCO)CCCCCCCCOC. The van der Waals surface area contributed by atoms with Crippen LogP contribution >= 0.6 is 0 Å². The van der Waals surface area contributed by atoms with Crippen molar-refractivity contribution in [2.75, 3.05) is 46.6 Å². The molecule has 0 aliphatic rings. The summed E-state index contributed by atoms with van der Waals surface area (Å²) in [6.07, 6.45) is 46.4.